The summed E-state index contributed by atoms with van der Waals surface area (Å²) >= 11 is 0. The maximum Gasteiger partial charge on any atom is 0.338 e. The molecule has 1 aromatic heterocycles. The molecule has 0 spiro atoms. The van der Waals surface area contributed by atoms with Crippen LogP contribution in [0, 0.1) is 0 Å². The summed E-state index contributed by atoms with van der Waals surface area (Å²) < 4.78 is 18.1. The third kappa shape index (κ3) is 5.65. The predicted octanol–water partition coefficient (Wildman–Crippen LogP) is 2.50. The van der Waals surface area contributed by atoms with Crippen molar-refractivity contribution in [2.45, 2.75) is 40.0 Å². The van der Waals surface area contributed by atoms with Crippen LogP contribution in [0.3, 0.4) is 0 Å². The molecule has 0 amide bonds. The maximum absolute atomic E-state index is 13.0. The fourth-order valence-corrected chi connectivity index (χ4v) is 3.61. The largest absolute Gasteiger partial charge is 0.493 e. The lowest BCUT2D eigenvalue weighted by Crippen LogP contribution is -2.44. The first-order valence-electron chi connectivity index (χ1n) is 11.4. The summed E-state index contributed by atoms with van der Waals surface area (Å²) in [5.41, 5.74) is 5.15. The molecule has 10 heteroatoms. The number of nitrogens with two attached hydrogens (primary N) is 1. The van der Waals surface area contributed by atoms with Crippen molar-refractivity contribution in [1.82, 2.24) is 9.13 Å². The zero-order valence-corrected chi connectivity index (χ0v) is 20.6. The lowest BCUT2D eigenvalue weighted by Gasteiger charge is -2.16. The van der Waals surface area contributed by atoms with E-state index >= 15 is 0 Å². The Labute approximate surface area is 207 Å². The Balaban J connectivity index is 1.86. The molecule has 0 saturated heterocycles. The topological polar surface area (TPSA) is 132 Å². The number of methoxy groups -OCH3 is 1. The smallest absolute Gasteiger partial charge is 0.338 e. The van der Waals surface area contributed by atoms with Crippen LogP contribution in [-0.2, 0) is 17.8 Å². The highest BCUT2D eigenvalue weighted by molar-refractivity contribution is 6.02. The van der Waals surface area contributed by atoms with E-state index in [1.165, 1.54) is 19.2 Å². The standard InChI is InChI=1S/C26H29N3O7/c1-5-28-24(31)22(23(27)29(26(28)33)14-17-9-7-6-8-10-17)19(30)15-35-25(32)18-11-12-20(36-16(2)3)21(13-18)34-4/h6-13,16H,5,14-15,27H2,1-4H3. The lowest BCUT2D eigenvalue weighted by atomic mass is 10.1. The van der Waals surface area contributed by atoms with E-state index in [2.05, 4.69) is 0 Å². The molecule has 2 N–H and O–H groups in total. The van der Waals surface area contributed by atoms with E-state index in [4.69, 9.17) is 19.9 Å². The van der Waals surface area contributed by atoms with Gasteiger partial charge in [-0.25, -0.2) is 9.59 Å². The second-order valence-electron chi connectivity index (χ2n) is 8.20. The first-order chi connectivity index (χ1) is 17.2. The molecule has 3 aromatic rings. The van der Waals surface area contributed by atoms with Gasteiger partial charge in [0.25, 0.3) is 5.56 Å². The Bertz CT molecular complexity index is 1370. The van der Waals surface area contributed by atoms with E-state index in [1.54, 1.807) is 37.3 Å². The molecule has 0 atom stereocenters. The molecule has 0 bridgehead atoms. The number of aromatic nitrogens is 2. The molecule has 36 heavy (non-hydrogen) atoms. The van der Waals surface area contributed by atoms with Gasteiger partial charge in [0.1, 0.15) is 11.4 Å². The number of ether oxygens (including phenoxy) is 3. The quantitative estimate of drug-likeness (QED) is 0.335. The molecule has 0 aliphatic rings. The highest BCUT2D eigenvalue weighted by Gasteiger charge is 2.24. The van der Waals surface area contributed by atoms with Crippen LogP contribution in [-0.4, -0.2) is 40.7 Å². The Hall–Kier alpha value is -4.34. The summed E-state index contributed by atoms with van der Waals surface area (Å²) in [5, 5.41) is 0. The van der Waals surface area contributed by atoms with E-state index in [0.717, 1.165) is 14.7 Å². The van der Waals surface area contributed by atoms with Crippen molar-refractivity contribution in [3.63, 3.8) is 0 Å². The van der Waals surface area contributed by atoms with Crippen LogP contribution in [0.1, 0.15) is 47.1 Å². The van der Waals surface area contributed by atoms with Crippen LogP contribution in [0.2, 0.25) is 0 Å². The van der Waals surface area contributed by atoms with Gasteiger partial charge in [-0.2, -0.15) is 0 Å². The third-order valence-corrected chi connectivity index (χ3v) is 5.34. The zero-order valence-electron chi connectivity index (χ0n) is 20.6. The molecule has 1 heterocycles. The van der Waals surface area contributed by atoms with Crippen molar-refractivity contribution in [3.05, 3.63) is 86.1 Å². The number of hydrogen-bond acceptors (Lipinski definition) is 8. The number of carbonyl (C=O) groups excluding carboxylic acids is 2. The fraction of sp³-hybridized carbons (Fsp3) is 0.308. The van der Waals surface area contributed by atoms with Crippen molar-refractivity contribution < 1.29 is 23.8 Å². The minimum absolute atomic E-state index is 0.0391. The summed E-state index contributed by atoms with van der Waals surface area (Å²) in [4.78, 5) is 51.3. The summed E-state index contributed by atoms with van der Waals surface area (Å²) in [7, 11) is 1.44. The molecule has 2 aromatic carbocycles. The molecule has 10 nitrogen and oxygen atoms in total. The Morgan fingerprint density at radius 1 is 1.00 bits per heavy atom. The van der Waals surface area contributed by atoms with Gasteiger partial charge in [-0.1, -0.05) is 30.3 Å². The van der Waals surface area contributed by atoms with E-state index in [-0.39, 0.29) is 30.6 Å². The number of benzene rings is 2. The summed E-state index contributed by atoms with van der Waals surface area (Å²) in [6, 6.07) is 13.5. The van der Waals surface area contributed by atoms with Gasteiger partial charge < -0.3 is 19.9 Å². The summed E-state index contributed by atoms with van der Waals surface area (Å²) in [6.45, 7) is 4.69. The number of ketones is 1. The van der Waals surface area contributed by atoms with E-state index in [0.29, 0.717) is 11.5 Å². The highest BCUT2D eigenvalue weighted by atomic mass is 16.5. The number of hydrogen-bond donors (Lipinski definition) is 1. The van der Waals surface area contributed by atoms with Gasteiger partial charge in [0, 0.05) is 6.54 Å². The first-order valence-corrected chi connectivity index (χ1v) is 11.4. The van der Waals surface area contributed by atoms with Crippen LogP contribution in [0.4, 0.5) is 5.82 Å². The van der Waals surface area contributed by atoms with Gasteiger partial charge in [0.2, 0.25) is 5.78 Å². The van der Waals surface area contributed by atoms with Crippen molar-refractivity contribution in [2.75, 3.05) is 19.5 Å². The third-order valence-electron chi connectivity index (χ3n) is 5.34. The van der Waals surface area contributed by atoms with Crippen molar-refractivity contribution in [2.24, 2.45) is 0 Å². The molecular formula is C26H29N3O7. The zero-order chi connectivity index (χ0) is 26.4. The molecule has 3 rings (SSSR count). The maximum atomic E-state index is 13.0. The lowest BCUT2D eigenvalue weighted by molar-refractivity contribution is 0.0473. The van der Waals surface area contributed by atoms with Gasteiger partial charge in [-0.05, 0) is 44.5 Å². The second kappa shape index (κ2) is 11.4. The number of nitrogen functional groups attached to an aromatic ring is 1. The molecule has 190 valence electrons. The summed E-state index contributed by atoms with van der Waals surface area (Å²) in [5.74, 6) is -1.12. The minimum atomic E-state index is -0.831. The SMILES string of the molecule is CCn1c(=O)c(C(=O)COC(=O)c2ccc(OC(C)C)c(OC)c2)c(N)n(Cc2ccccc2)c1=O. The average molecular weight is 496 g/mol. The second-order valence-corrected chi connectivity index (χ2v) is 8.20. The van der Waals surface area contributed by atoms with Gasteiger partial charge in [0.05, 0.1) is 25.3 Å². The van der Waals surface area contributed by atoms with Gasteiger partial charge in [-0.15, -0.1) is 0 Å². The number of carbonyl (C=O) groups is 2. The molecule has 0 radical (unpaired) electrons. The monoisotopic (exact) mass is 495 g/mol. The molecule has 0 aliphatic carbocycles. The number of esters is 1. The first kappa shape index (κ1) is 26.3. The molecular weight excluding hydrogens is 466 g/mol. The Kier molecular flexibility index (Phi) is 8.31. The molecule has 0 unspecified atom stereocenters. The van der Waals surface area contributed by atoms with E-state index in [9.17, 15) is 19.2 Å². The number of nitrogens with zero attached hydrogens (tertiary/aromatic N) is 2. The van der Waals surface area contributed by atoms with Crippen LogP contribution < -0.4 is 26.5 Å². The highest BCUT2D eigenvalue weighted by Crippen LogP contribution is 2.29. The van der Waals surface area contributed by atoms with Gasteiger partial charge in [0.15, 0.2) is 18.1 Å². The van der Waals surface area contributed by atoms with Crippen LogP contribution >= 0.6 is 0 Å². The number of Topliss-reactive ketones (excluding diaryl/α,β-unsaturated/α-hetero) is 1. The Morgan fingerprint density at radius 3 is 2.31 bits per heavy atom. The summed E-state index contributed by atoms with van der Waals surface area (Å²) in [6.07, 6.45) is -0.0999. The number of anilines is 1. The van der Waals surface area contributed by atoms with E-state index in [1.807, 2.05) is 19.9 Å². The van der Waals surface area contributed by atoms with E-state index < -0.39 is 35.2 Å². The molecule has 0 aliphatic heterocycles. The molecule has 0 fully saturated rings. The van der Waals surface area contributed by atoms with Crippen molar-refractivity contribution in [3.8, 4) is 11.5 Å². The van der Waals surface area contributed by atoms with Crippen molar-refractivity contribution in [1.29, 1.82) is 0 Å². The van der Waals surface area contributed by atoms with Crippen LogP contribution in [0.5, 0.6) is 11.5 Å². The Morgan fingerprint density at radius 2 is 1.69 bits per heavy atom. The number of rotatable bonds is 10. The van der Waals surface area contributed by atoms with Crippen molar-refractivity contribution >= 4 is 17.6 Å². The van der Waals surface area contributed by atoms with Crippen LogP contribution in [0.15, 0.2) is 58.1 Å². The van der Waals surface area contributed by atoms with Crippen LogP contribution in [0.25, 0.3) is 0 Å². The van der Waals surface area contributed by atoms with Gasteiger partial charge >= 0.3 is 11.7 Å². The van der Waals surface area contributed by atoms with Gasteiger partial charge in [-0.3, -0.25) is 18.7 Å². The normalized spacial score (nSPS) is 10.8. The average Bonchev–Trinajstić information content (AvgIpc) is 2.86. The minimum Gasteiger partial charge on any atom is -0.493 e. The predicted molar refractivity (Wildman–Crippen MR) is 134 cm³/mol. The molecule has 0 saturated carbocycles. The fourth-order valence-electron chi connectivity index (χ4n) is 3.61.